The first-order valence-corrected chi connectivity index (χ1v) is 6.17. The first-order valence-electron chi connectivity index (χ1n) is 5.80. The molecule has 2 unspecified atom stereocenters. The van der Waals surface area contributed by atoms with E-state index in [9.17, 15) is 0 Å². The van der Waals surface area contributed by atoms with Crippen LogP contribution >= 0.6 is 11.6 Å². The van der Waals surface area contributed by atoms with E-state index in [4.69, 9.17) is 26.8 Å². The third kappa shape index (κ3) is 2.41. The lowest BCUT2D eigenvalue weighted by Crippen LogP contribution is -2.37. The second-order valence-electron chi connectivity index (χ2n) is 4.64. The molecule has 0 aromatic heterocycles. The third-order valence-corrected chi connectivity index (χ3v) is 3.75. The molecular weight excluding hydrogens is 238 g/mol. The van der Waals surface area contributed by atoms with Crippen molar-refractivity contribution in [2.45, 2.75) is 31.4 Å². The van der Waals surface area contributed by atoms with Crippen molar-refractivity contribution in [2.75, 3.05) is 13.7 Å². The molecule has 0 spiro atoms. The molecule has 0 saturated carbocycles. The minimum atomic E-state index is -0.279. The van der Waals surface area contributed by atoms with Crippen LogP contribution in [-0.4, -0.2) is 19.3 Å². The van der Waals surface area contributed by atoms with Crippen LogP contribution in [0, 0.1) is 0 Å². The molecule has 0 radical (unpaired) electrons. The van der Waals surface area contributed by atoms with Crippen LogP contribution in [0.5, 0.6) is 5.75 Å². The average Bonchev–Trinajstić information content (AvgIpc) is 2.77. The lowest BCUT2D eigenvalue weighted by Gasteiger charge is -2.30. The van der Waals surface area contributed by atoms with Gasteiger partial charge in [-0.2, -0.15) is 0 Å². The Morgan fingerprint density at radius 3 is 2.88 bits per heavy atom. The number of ether oxygens (including phenoxy) is 2. The lowest BCUT2D eigenvalue weighted by molar-refractivity contribution is -0.00176. The number of methoxy groups -OCH3 is 1. The number of rotatable bonds is 3. The van der Waals surface area contributed by atoms with Gasteiger partial charge in [0.25, 0.3) is 0 Å². The van der Waals surface area contributed by atoms with E-state index in [2.05, 4.69) is 6.92 Å². The maximum Gasteiger partial charge on any atom is 0.137 e. The first kappa shape index (κ1) is 12.7. The van der Waals surface area contributed by atoms with Gasteiger partial charge < -0.3 is 15.2 Å². The molecular formula is C13H18ClNO2. The van der Waals surface area contributed by atoms with Crippen LogP contribution < -0.4 is 10.5 Å². The molecule has 1 aliphatic heterocycles. The molecule has 2 atom stereocenters. The van der Waals surface area contributed by atoms with Gasteiger partial charge in [-0.3, -0.25) is 0 Å². The van der Waals surface area contributed by atoms with Crippen molar-refractivity contribution in [3.63, 3.8) is 0 Å². The van der Waals surface area contributed by atoms with E-state index in [1.165, 1.54) is 0 Å². The Labute approximate surface area is 107 Å². The van der Waals surface area contributed by atoms with Gasteiger partial charge in [0.15, 0.2) is 0 Å². The van der Waals surface area contributed by atoms with Gasteiger partial charge in [0, 0.05) is 6.61 Å². The van der Waals surface area contributed by atoms with Gasteiger partial charge >= 0.3 is 0 Å². The summed E-state index contributed by atoms with van der Waals surface area (Å²) >= 11 is 6.00. The third-order valence-electron chi connectivity index (χ3n) is 3.44. The van der Waals surface area contributed by atoms with Crippen molar-refractivity contribution in [3.05, 3.63) is 28.8 Å². The number of benzene rings is 1. The molecule has 3 nitrogen and oxygen atoms in total. The summed E-state index contributed by atoms with van der Waals surface area (Å²) in [6.45, 7) is 2.85. The monoisotopic (exact) mass is 255 g/mol. The maximum absolute atomic E-state index is 6.28. The zero-order chi connectivity index (χ0) is 12.5. The van der Waals surface area contributed by atoms with E-state index in [-0.39, 0.29) is 11.6 Å². The van der Waals surface area contributed by atoms with Gasteiger partial charge in [-0.25, -0.2) is 0 Å². The predicted octanol–water partition coefficient (Wildman–Crippen LogP) is 2.92. The quantitative estimate of drug-likeness (QED) is 0.903. The van der Waals surface area contributed by atoms with Crippen molar-refractivity contribution >= 4 is 11.6 Å². The molecule has 94 valence electrons. The first-order chi connectivity index (χ1) is 8.07. The summed E-state index contributed by atoms with van der Waals surface area (Å²) in [5.74, 6) is 0.654. The summed E-state index contributed by atoms with van der Waals surface area (Å²) in [5, 5.41) is 0.598. The van der Waals surface area contributed by atoms with Gasteiger partial charge in [0.1, 0.15) is 5.75 Å². The molecule has 1 saturated heterocycles. The highest BCUT2D eigenvalue weighted by atomic mass is 35.5. The molecule has 0 aliphatic carbocycles. The molecule has 1 fully saturated rings. The summed E-state index contributed by atoms with van der Waals surface area (Å²) in [6, 6.07) is 5.48. The van der Waals surface area contributed by atoms with Crippen molar-refractivity contribution in [3.8, 4) is 5.75 Å². The van der Waals surface area contributed by atoms with Crippen molar-refractivity contribution in [2.24, 2.45) is 5.73 Å². The number of hydrogen-bond donors (Lipinski definition) is 1. The Balaban J connectivity index is 2.27. The van der Waals surface area contributed by atoms with Crippen LogP contribution in [0.15, 0.2) is 18.2 Å². The lowest BCUT2D eigenvalue weighted by atomic mass is 9.88. The van der Waals surface area contributed by atoms with E-state index < -0.39 is 0 Å². The zero-order valence-corrected chi connectivity index (χ0v) is 11.0. The molecule has 0 amide bonds. The van der Waals surface area contributed by atoms with E-state index in [1.807, 2.05) is 18.2 Å². The van der Waals surface area contributed by atoms with E-state index >= 15 is 0 Å². The van der Waals surface area contributed by atoms with E-state index in [1.54, 1.807) is 7.11 Å². The summed E-state index contributed by atoms with van der Waals surface area (Å²) in [4.78, 5) is 0. The second kappa shape index (κ2) is 4.84. The second-order valence-corrected chi connectivity index (χ2v) is 5.04. The molecule has 17 heavy (non-hydrogen) atoms. The number of halogens is 1. The van der Waals surface area contributed by atoms with Crippen LogP contribution in [0.25, 0.3) is 0 Å². The fourth-order valence-electron chi connectivity index (χ4n) is 2.27. The Hall–Kier alpha value is -0.770. The van der Waals surface area contributed by atoms with Gasteiger partial charge in [0.05, 0.1) is 23.8 Å². The van der Waals surface area contributed by atoms with Crippen molar-refractivity contribution in [1.29, 1.82) is 0 Å². The number of nitrogens with two attached hydrogens (primary N) is 1. The molecule has 0 bridgehead atoms. The Kier molecular flexibility index (Phi) is 3.61. The Morgan fingerprint density at radius 2 is 2.29 bits per heavy atom. The summed E-state index contributed by atoms with van der Waals surface area (Å²) in [7, 11) is 1.60. The topological polar surface area (TPSA) is 44.5 Å². The van der Waals surface area contributed by atoms with Crippen LogP contribution in [0.2, 0.25) is 5.02 Å². The SMILES string of the molecule is COc1cc(C(N)C2(C)CCCO2)ccc1Cl. The Bertz CT molecular complexity index is 402. The normalized spacial score (nSPS) is 25.9. The smallest absolute Gasteiger partial charge is 0.137 e. The molecule has 1 aromatic carbocycles. The minimum Gasteiger partial charge on any atom is -0.495 e. The van der Waals surface area contributed by atoms with Gasteiger partial charge in [-0.1, -0.05) is 17.7 Å². The van der Waals surface area contributed by atoms with Gasteiger partial charge in [-0.05, 0) is 37.5 Å². The summed E-state index contributed by atoms with van der Waals surface area (Å²) < 4.78 is 11.0. The zero-order valence-electron chi connectivity index (χ0n) is 10.2. The van der Waals surface area contributed by atoms with Crippen LogP contribution in [0.3, 0.4) is 0 Å². The van der Waals surface area contributed by atoms with Gasteiger partial charge in [-0.15, -0.1) is 0 Å². The highest BCUT2D eigenvalue weighted by molar-refractivity contribution is 6.32. The largest absolute Gasteiger partial charge is 0.495 e. The molecule has 1 heterocycles. The van der Waals surface area contributed by atoms with Gasteiger partial charge in [0.2, 0.25) is 0 Å². The van der Waals surface area contributed by atoms with Crippen molar-refractivity contribution < 1.29 is 9.47 Å². The molecule has 4 heteroatoms. The predicted molar refractivity (Wildman–Crippen MR) is 68.5 cm³/mol. The van der Waals surface area contributed by atoms with E-state index in [0.29, 0.717) is 10.8 Å². The summed E-state index contributed by atoms with van der Waals surface area (Å²) in [6.07, 6.45) is 2.05. The maximum atomic E-state index is 6.28. The average molecular weight is 256 g/mol. The molecule has 1 aliphatic rings. The highest BCUT2D eigenvalue weighted by Crippen LogP contribution is 2.37. The standard InChI is InChI=1S/C13H18ClNO2/c1-13(6-3-7-17-13)12(15)9-4-5-10(14)11(8-9)16-2/h4-5,8,12H,3,6-7,15H2,1-2H3. The molecule has 2 rings (SSSR count). The summed E-state index contributed by atoms with van der Waals surface area (Å²) in [5.41, 5.74) is 7.00. The van der Waals surface area contributed by atoms with Crippen LogP contribution in [-0.2, 0) is 4.74 Å². The van der Waals surface area contributed by atoms with Crippen LogP contribution in [0.4, 0.5) is 0 Å². The van der Waals surface area contributed by atoms with Crippen LogP contribution in [0.1, 0.15) is 31.4 Å². The molecule has 2 N–H and O–H groups in total. The molecule has 1 aromatic rings. The fourth-order valence-corrected chi connectivity index (χ4v) is 2.46. The van der Waals surface area contributed by atoms with E-state index in [0.717, 1.165) is 25.0 Å². The van der Waals surface area contributed by atoms with Crippen molar-refractivity contribution in [1.82, 2.24) is 0 Å². The fraction of sp³-hybridized carbons (Fsp3) is 0.538. The number of hydrogen-bond acceptors (Lipinski definition) is 3. The minimum absolute atomic E-state index is 0.156. The highest BCUT2D eigenvalue weighted by Gasteiger charge is 2.37. The Morgan fingerprint density at radius 1 is 1.53 bits per heavy atom.